The lowest BCUT2D eigenvalue weighted by molar-refractivity contribution is -0.130. The van der Waals surface area contributed by atoms with Gasteiger partial charge in [-0.25, -0.2) is 13.4 Å². The lowest BCUT2D eigenvalue weighted by Gasteiger charge is -2.29. The first-order valence-corrected chi connectivity index (χ1v) is 12.3. The highest BCUT2D eigenvalue weighted by Gasteiger charge is 2.34. The third-order valence-electron chi connectivity index (χ3n) is 4.61. The van der Waals surface area contributed by atoms with Crippen molar-refractivity contribution in [2.45, 2.75) is 38.4 Å². The molecule has 0 aliphatic carbocycles. The van der Waals surface area contributed by atoms with Gasteiger partial charge in [0.15, 0.2) is 15.0 Å². The minimum atomic E-state index is -3.03. The first-order chi connectivity index (χ1) is 13.3. The van der Waals surface area contributed by atoms with Crippen molar-refractivity contribution in [1.82, 2.24) is 14.9 Å². The van der Waals surface area contributed by atoms with E-state index >= 15 is 0 Å². The van der Waals surface area contributed by atoms with Crippen molar-refractivity contribution in [1.29, 1.82) is 0 Å². The molecule has 0 unspecified atom stereocenters. The number of carbonyl (C=O) groups is 1. The molecule has 1 saturated heterocycles. The molecule has 0 radical (unpaired) electrons. The Hall–Kier alpha value is -1.74. The highest BCUT2D eigenvalue weighted by Crippen LogP contribution is 2.25. The molecule has 1 aliphatic heterocycles. The third kappa shape index (κ3) is 5.20. The van der Waals surface area contributed by atoms with Gasteiger partial charge in [0.1, 0.15) is 5.75 Å². The van der Waals surface area contributed by atoms with Crippen LogP contribution in [0.15, 0.2) is 23.4 Å². The van der Waals surface area contributed by atoms with Crippen molar-refractivity contribution in [3.05, 3.63) is 18.2 Å². The molecule has 1 aliphatic rings. The minimum absolute atomic E-state index is 0.0451. The maximum atomic E-state index is 12.9. The molecule has 1 N–H and O–H groups in total. The molecule has 154 valence electrons. The van der Waals surface area contributed by atoms with Crippen LogP contribution in [0.25, 0.3) is 11.0 Å². The van der Waals surface area contributed by atoms with Crippen LogP contribution in [0.4, 0.5) is 0 Å². The van der Waals surface area contributed by atoms with Crippen LogP contribution in [0, 0.1) is 5.92 Å². The lowest BCUT2D eigenvalue weighted by atomic mass is 10.1. The van der Waals surface area contributed by atoms with Crippen LogP contribution >= 0.6 is 11.8 Å². The van der Waals surface area contributed by atoms with Crippen LogP contribution < -0.4 is 4.74 Å². The predicted octanol–water partition coefficient (Wildman–Crippen LogP) is 2.73. The maximum Gasteiger partial charge on any atom is 0.233 e. The molecule has 0 bridgehead atoms. The lowest BCUT2D eigenvalue weighted by Crippen LogP contribution is -2.44. The molecule has 1 atom stereocenters. The first kappa shape index (κ1) is 21.0. The number of rotatable bonds is 8. The molecule has 0 spiro atoms. The topological polar surface area (TPSA) is 92.4 Å². The summed E-state index contributed by atoms with van der Waals surface area (Å²) in [6, 6.07) is 5.44. The number of ether oxygens (including phenoxy) is 1. The monoisotopic (exact) mass is 425 g/mol. The summed E-state index contributed by atoms with van der Waals surface area (Å²) in [5, 5.41) is 0.667. The Bertz CT molecular complexity index is 940. The number of aromatic nitrogens is 2. The van der Waals surface area contributed by atoms with Crippen molar-refractivity contribution in [2.75, 3.05) is 30.4 Å². The Morgan fingerprint density at radius 3 is 2.86 bits per heavy atom. The summed E-state index contributed by atoms with van der Waals surface area (Å²) in [4.78, 5) is 22.3. The number of hydrogen-bond acceptors (Lipinski definition) is 6. The molecule has 1 fully saturated rings. The number of nitrogens with one attached hydrogen (secondary N) is 1. The van der Waals surface area contributed by atoms with E-state index < -0.39 is 9.84 Å². The zero-order chi connectivity index (χ0) is 20.3. The Morgan fingerprint density at radius 2 is 2.21 bits per heavy atom. The zero-order valence-corrected chi connectivity index (χ0v) is 18.1. The second kappa shape index (κ2) is 8.73. The van der Waals surface area contributed by atoms with Gasteiger partial charge in [0.25, 0.3) is 0 Å². The van der Waals surface area contributed by atoms with E-state index in [1.54, 1.807) is 4.90 Å². The number of hydrogen-bond donors (Lipinski definition) is 1. The Morgan fingerprint density at radius 1 is 1.43 bits per heavy atom. The number of fused-ring (bicyclic) bond motifs is 1. The van der Waals surface area contributed by atoms with E-state index in [0.717, 1.165) is 16.8 Å². The zero-order valence-electron chi connectivity index (χ0n) is 16.5. The van der Waals surface area contributed by atoms with E-state index in [-0.39, 0.29) is 35.1 Å². The van der Waals surface area contributed by atoms with E-state index in [0.29, 0.717) is 24.7 Å². The molecule has 2 aromatic rings. The normalized spacial score (nSPS) is 18.6. The summed E-state index contributed by atoms with van der Waals surface area (Å²) in [5.41, 5.74) is 1.68. The van der Waals surface area contributed by atoms with Gasteiger partial charge in [0.05, 0.1) is 34.9 Å². The summed E-state index contributed by atoms with van der Waals surface area (Å²) in [7, 11) is -3.03. The number of thioether (sulfide) groups is 1. The molecular weight excluding hydrogens is 398 g/mol. The largest absolute Gasteiger partial charge is 0.494 e. The van der Waals surface area contributed by atoms with Crippen LogP contribution in [0.2, 0.25) is 0 Å². The minimum Gasteiger partial charge on any atom is -0.494 e. The van der Waals surface area contributed by atoms with E-state index in [9.17, 15) is 13.2 Å². The molecule has 7 nitrogen and oxygen atoms in total. The van der Waals surface area contributed by atoms with Gasteiger partial charge in [-0.2, -0.15) is 0 Å². The van der Waals surface area contributed by atoms with E-state index in [2.05, 4.69) is 9.97 Å². The summed E-state index contributed by atoms with van der Waals surface area (Å²) >= 11 is 1.34. The van der Waals surface area contributed by atoms with Gasteiger partial charge in [0, 0.05) is 18.7 Å². The molecule has 1 aromatic carbocycles. The van der Waals surface area contributed by atoms with Crippen LogP contribution in [0.3, 0.4) is 0 Å². The Balaban J connectivity index is 1.67. The number of carbonyl (C=O) groups excluding carboxylic acids is 1. The number of sulfone groups is 1. The second-order valence-corrected chi connectivity index (χ2v) is 10.6. The van der Waals surface area contributed by atoms with Gasteiger partial charge in [0.2, 0.25) is 5.91 Å². The van der Waals surface area contributed by atoms with Gasteiger partial charge < -0.3 is 14.6 Å². The summed E-state index contributed by atoms with van der Waals surface area (Å²) in [5.74, 6) is 1.47. The summed E-state index contributed by atoms with van der Waals surface area (Å²) in [6.45, 7) is 7.16. The molecular formula is C19H27N3O4S2. The van der Waals surface area contributed by atoms with Gasteiger partial charge in [-0.3, -0.25) is 4.79 Å². The molecule has 2 heterocycles. The van der Waals surface area contributed by atoms with Crippen LogP contribution in [0.1, 0.15) is 27.2 Å². The average molecular weight is 426 g/mol. The van der Waals surface area contributed by atoms with E-state index in [1.165, 1.54) is 11.8 Å². The van der Waals surface area contributed by atoms with Crippen molar-refractivity contribution < 1.29 is 17.9 Å². The summed E-state index contributed by atoms with van der Waals surface area (Å²) < 4.78 is 29.2. The predicted molar refractivity (Wildman–Crippen MR) is 112 cm³/mol. The fraction of sp³-hybridized carbons (Fsp3) is 0.579. The van der Waals surface area contributed by atoms with Crippen molar-refractivity contribution in [2.24, 2.45) is 5.92 Å². The molecule has 28 heavy (non-hydrogen) atoms. The van der Waals surface area contributed by atoms with Crippen LogP contribution in [-0.4, -0.2) is 65.6 Å². The summed E-state index contributed by atoms with van der Waals surface area (Å²) in [6.07, 6.45) is 0.524. The third-order valence-corrected chi connectivity index (χ3v) is 7.21. The van der Waals surface area contributed by atoms with Crippen molar-refractivity contribution in [3.8, 4) is 5.75 Å². The Kier molecular flexibility index (Phi) is 6.54. The number of benzene rings is 1. The fourth-order valence-electron chi connectivity index (χ4n) is 3.37. The van der Waals surface area contributed by atoms with Crippen LogP contribution in [-0.2, 0) is 14.6 Å². The number of amides is 1. The number of aromatic amines is 1. The van der Waals surface area contributed by atoms with E-state index in [4.69, 9.17) is 4.74 Å². The standard InChI is InChI=1S/C19H27N3O4S2/c1-4-26-15-5-6-16-17(9-15)21-19(20-16)27-11-18(23)22(10-13(2)3)14-7-8-28(24,25)12-14/h5-6,9,13-14H,4,7-8,10-12H2,1-3H3,(H,20,21)/t14-/m0/s1. The quantitative estimate of drug-likeness (QED) is 0.654. The molecule has 0 saturated carbocycles. The number of imidazole rings is 1. The number of H-pyrrole nitrogens is 1. The van der Waals surface area contributed by atoms with Gasteiger partial charge in [-0.1, -0.05) is 25.6 Å². The fourth-order valence-corrected chi connectivity index (χ4v) is 5.87. The van der Waals surface area contributed by atoms with Crippen molar-refractivity contribution in [3.63, 3.8) is 0 Å². The highest BCUT2D eigenvalue weighted by molar-refractivity contribution is 7.99. The maximum absolute atomic E-state index is 12.9. The molecule has 1 amide bonds. The van der Waals surface area contributed by atoms with Crippen molar-refractivity contribution >= 4 is 38.5 Å². The van der Waals surface area contributed by atoms with Gasteiger partial charge in [-0.15, -0.1) is 0 Å². The molecule has 1 aromatic heterocycles. The highest BCUT2D eigenvalue weighted by atomic mass is 32.2. The SMILES string of the molecule is CCOc1ccc2nc(SCC(=O)N(CC(C)C)[C@H]3CCS(=O)(=O)C3)[nH]c2c1. The van der Waals surface area contributed by atoms with Gasteiger partial charge >= 0.3 is 0 Å². The van der Waals surface area contributed by atoms with Gasteiger partial charge in [-0.05, 0) is 31.4 Å². The average Bonchev–Trinajstić information content (AvgIpc) is 3.19. The molecule has 3 rings (SSSR count). The smallest absolute Gasteiger partial charge is 0.233 e. The Labute approximate surface area is 170 Å². The second-order valence-electron chi connectivity index (χ2n) is 7.44. The molecule has 9 heteroatoms. The number of nitrogens with zero attached hydrogens (tertiary/aromatic N) is 2. The first-order valence-electron chi connectivity index (χ1n) is 9.52. The van der Waals surface area contributed by atoms with E-state index in [1.807, 2.05) is 39.0 Å². The van der Waals surface area contributed by atoms with Crippen LogP contribution in [0.5, 0.6) is 5.75 Å².